The number of rotatable bonds is 2. The molecular formula is C14H25FN2O2. The number of nitrogens with zero attached hydrogens (tertiary/aromatic N) is 1. The zero-order valence-corrected chi connectivity index (χ0v) is 12.1. The third-order valence-electron chi connectivity index (χ3n) is 3.98. The number of hydrogen-bond donors (Lipinski definition) is 2. The van der Waals surface area contributed by atoms with Crippen LogP contribution in [0.2, 0.25) is 0 Å². The molecule has 1 saturated heterocycles. The minimum atomic E-state index is -1.24. The smallest absolute Gasteiger partial charge is 0.254 e. The van der Waals surface area contributed by atoms with Crippen LogP contribution < -0.4 is 5.32 Å². The molecule has 0 spiro atoms. The fourth-order valence-electron chi connectivity index (χ4n) is 3.09. The van der Waals surface area contributed by atoms with Crippen LogP contribution in [0.5, 0.6) is 0 Å². The monoisotopic (exact) mass is 272 g/mol. The Morgan fingerprint density at radius 3 is 2.42 bits per heavy atom. The lowest BCUT2D eigenvalue weighted by Crippen LogP contribution is -2.50. The van der Waals surface area contributed by atoms with Crippen LogP contribution in [0.25, 0.3) is 0 Å². The van der Waals surface area contributed by atoms with Gasteiger partial charge in [-0.25, -0.2) is 4.39 Å². The first kappa shape index (κ1) is 14.7. The second-order valence-corrected chi connectivity index (χ2v) is 6.97. The first-order chi connectivity index (χ1) is 8.71. The molecule has 1 aliphatic carbocycles. The highest BCUT2D eigenvalue weighted by Gasteiger charge is 2.46. The maximum absolute atomic E-state index is 14.0. The average molecular weight is 272 g/mol. The second kappa shape index (κ2) is 5.02. The number of likely N-dealkylation sites (tertiary alicyclic amines) is 1. The number of halogens is 1. The second-order valence-electron chi connectivity index (χ2n) is 6.97. The Balaban J connectivity index is 1.98. The summed E-state index contributed by atoms with van der Waals surface area (Å²) in [5, 5.41) is 13.5. The predicted octanol–water partition coefficient (Wildman–Crippen LogP) is 1.23. The molecule has 0 unspecified atom stereocenters. The molecule has 0 aromatic heterocycles. The van der Waals surface area contributed by atoms with E-state index in [2.05, 4.69) is 5.32 Å². The fraction of sp³-hybridized carbons (Fsp3) is 0.929. The molecule has 110 valence electrons. The van der Waals surface area contributed by atoms with Gasteiger partial charge in [-0.15, -0.1) is 0 Å². The Morgan fingerprint density at radius 1 is 1.32 bits per heavy atom. The van der Waals surface area contributed by atoms with E-state index in [1.807, 2.05) is 20.8 Å². The van der Waals surface area contributed by atoms with Crippen LogP contribution in [-0.4, -0.2) is 52.4 Å². The van der Waals surface area contributed by atoms with E-state index in [0.717, 1.165) is 12.8 Å². The van der Waals surface area contributed by atoms with Gasteiger partial charge < -0.3 is 15.3 Å². The Kier molecular flexibility index (Phi) is 3.89. The predicted molar refractivity (Wildman–Crippen MR) is 71.6 cm³/mol. The van der Waals surface area contributed by atoms with E-state index in [-0.39, 0.29) is 24.0 Å². The number of amides is 1. The van der Waals surface area contributed by atoms with Crippen molar-refractivity contribution in [3.05, 3.63) is 0 Å². The van der Waals surface area contributed by atoms with Gasteiger partial charge in [-0.3, -0.25) is 4.79 Å². The highest BCUT2D eigenvalue weighted by atomic mass is 19.1. The molecule has 1 saturated carbocycles. The van der Waals surface area contributed by atoms with Crippen LogP contribution >= 0.6 is 0 Å². The molecule has 1 aliphatic heterocycles. The topological polar surface area (TPSA) is 52.6 Å². The summed E-state index contributed by atoms with van der Waals surface area (Å²) in [6.07, 6.45) is 1.71. The molecule has 5 heteroatoms. The van der Waals surface area contributed by atoms with Gasteiger partial charge in [-0.1, -0.05) is 0 Å². The molecule has 2 rings (SSSR count). The van der Waals surface area contributed by atoms with Gasteiger partial charge in [0, 0.05) is 12.1 Å². The molecule has 0 radical (unpaired) electrons. The van der Waals surface area contributed by atoms with Crippen molar-refractivity contribution in [1.29, 1.82) is 0 Å². The normalized spacial score (nSPS) is 30.9. The quantitative estimate of drug-likeness (QED) is 0.795. The Hall–Kier alpha value is -0.680. The molecule has 1 amide bonds. The van der Waals surface area contributed by atoms with Crippen molar-refractivity contribution in [1.82, 2.24) is 10.2 Å². The van der Waals surface area contributed by atoms with Crippen molar-refractivity contribution in [2.45, 2.75) is 69.8 Å². The molecule has 0 aromatic rings. The summed E-state index contributed by atoms with van der Waals surface area (Å²) >= 11 is 0. The molecule has 2 N–H and O–H groups in total. The Labute approximate surface area is 114 Å². The molecule has 2 fully saturated rings. The lowest BCUT2D eigenvalue weighted by molar-refractivity contribution is -0.149. The highest BCUT2D eigenvalue weighted by molar-refractivity contribution is 5.85. The van der Waals surface area contributed by atoms with Gasteiger partial charge in [0.1, 0.15) is 11.8 Å². The maximum atomic E-state index is 14.0. The van der Waals surface area contributed by atoms with Crippen LogP contribution in [0.3, 0.4) is 0 Å². The highest BCUT2D eigenvalue weighted by Crippen LogP contribution is 2.32. The number of carbonyl (C=O) groups is 1. The van der Waals surface area contributed by atoms with Crippen LogP contribution in [0.4, 0.5) is 4.39 Å². The molecule has 4 nitrogen and oxygen atoms in total. The average Bonchev–Trinajstić information content (AvgIpc) is 2.85. The first-order valence-electron chi connectivity index (χ1n) is 7.15. The van der Waals surface area contributed by atoms with Crippen LogP contribution in [0.1, 0.15) is 46.5 Å². The fourth-order valence-corrected chi connectivity index (χ4v) is 3.09. The van der Waals surface area contributed by atoms with Gasteiger partial charge >= 0.3 is 0 Å². The number of alkyl halides is 1. The van der Waals surface area contributed by atoms with Crippen molar-refractivity contribution in [2.24, 2.45) is 0 Å². The van der Waals surface area contributed by atoms with Crippen molar-refractivity contribution >= 4 is 5.91 Å². The van der Waals surface area contributed by atoms with E-state index in [0.29, 0.717) is 19.4 Å². The minimum Gasteiger partial charge on any atom is -0.380 e. The van der Waals surface area contributed by atoms with E-state index in [1.54, 1.807) is 0 Å². The number of aliphatic hydroxyl groups is 1. The number of nitrogens with one attached hydrogen (secondary N) is 1. The van der Waals surface area contributed by atoms with Gasteiger partial charge in [0.05, 0.1) is 12.6 Å². The van der Waals surface area contributed by atoms with E-state index in [9.17, 15) is 14.3 Å². The van der Waals surface area contributed by atoms with Gasteiger partial charge in [0.15, 0.2) is 0 Å². The van der Waals surface area contributed by atoms with E-state index < -0.39 is 11.8 Å². The first-order valence-corrected chi connectivity index (χ1v) is 7.15. The van der Waals surface area contributed by atoms with Crippen LogP contribution in [-0.2, 0) is 4.79 Å². The number of hydrogen-bond acceptors (Lipinski definition) is 3. The van der Waals surface area contributed by atoms with E-state index in [4.69, 9.17) is 0 Å². The molecule has 1 heterocycles. The third-order valence-corrected chi connectivity index (χ3v) is 3.98. The van der Waals surface area contributed by atoms with E-state index >= 15 is 0 Å². The standard InChI is InChI=1S/C14H25FN2O2/c1-13(2,3)16-11-9-17(8-10(11)15)12(18)14(19)6-4-5-7-14/h10-11,16,19H,4-9H2,1-3H3/t10-,11+/m0/s1. The lowest BCUT2D eigenvalue weighted by Gasteiger charge is -2.29. The summed E-state index contributed by atoms with van der Waals surface area (Å²) in [4.78, 5) is 13.8. The summed E-state index contributed by atoms with van der Waals surface area (Å²) < 4.78 is 14.0. The SMILES string of the molecule is CC(C)(C)N[C@@H]1CN(C(=O)C2(O)CCCC2)C[C@@H]1F. The van der Waals surface area contributed by atoms with Crippen molar-refractivity contribution < 1.29 is 14.3 Å². The largest absolute Gasteiger partial charge is 0.380 e. The van der Waals surface area contributed by atoms with Crippen molar-refractivity contribution in [3.63, 3.8) is 0 Å². The van der Waals surface area contributed by atoms with Gasteiger partial charge in [-0.05, 0) is 46.5 Å². The summed E-state index contributed by atoms with van der Waals surface area (Å²) in [5.41, 5.74) is -1.42. The van der Waals surface area contributed by atoms with Crippen molar-refractivity contribution in [2.75, 3.05) is 13.1 Å². The zero-order valence-electron chi connectivity index (χ0n) is 12.1. The number of carbonyl (C=O) groups excluding carboxylic acids is 1. The van der Waals surface area contributed by atoms with Crippen molar-refractivity contribution in [3.8, 4) is 0 Å². The summed E-state index contributed by atoms with van der Waals surface area (Å²) in [6.45, 7) is 6.38. The van der Waals surface area contributed by atoms with Gasteiger partial charge in [0.25, 0.3) is 5.91 Å². The summed E-state index contributed by atoms with van der Waals surface area (Å²) in [7, 11) is 0. The molecule has 0 bridgehead atoms. The molecule has 19 heavy (non-hydrogen) atoms. The Bertz CT molecular complexity index is 348. The Morgan fingerprint density at radius 2 is 1.89 bits per heavy atom. The molecule has 2 aliphatic rings. The zero-order chi connectivity index (χ0) is 14.3. The van der Waals surface area contributed by atoms with Crippen LogP contribution in [0.15, 0.2) is 0 Å². The molecule has 0 aromatic carbocycles. The van der Waals surface area contributed by atoms with Gasteiger partial charge in [-0.2, -0.15) is 0 Å². The van der Waals surface area contributed by atoms with Gasteiger partial charge in [0.2, 0.25) is 0 Å². The molecule has 2 atom stereocenters. The lowest BCUT2D eigenvalue weighted by atomic mass is 10.0. The third kappa shape index (κ3) is 3.26. The van der Waals surface area contributed by atoms with E-state index in [1.165, 1.54) is 4.90 Å². The summed E-state index contributed by atoms with van der Waals surface area (Å²) in [5.74, 6) is -0.286. The summed E-state index contributed by atoms with van der Waals surface area (Å²) in [6, 6.07) is -0.339. The maximum Gasteiger partial charge on any atom is 0.254 e. The molecular weight excluding hydrogens is 247 g/mol. The minimum absolute atomic E-state index is 0.0922. The van der Waals surface area contributed by atoms with Crippen LogP contribution in [0, 0.1) is 0 Å².